The first kappa shape index (κ1) is 14.8. The van der Waals surface area contributed by atoms with Crippen LogP contribution >= 0.6 is 0 Å². The van der Waals surface area contributed by atoms with E-state index in [4.69, 9.17) is 4.74 Å². The average molecular weight is 295 g/mol. The van der Waals surface area contributed by atoms with Crippen LogP contribution in [-0.2, 0) is 6.54 Å². The van der Waals surface area contributed by atoms with Gasteiger partial charge in [0.15, 0.2) is 0 Å². The third kappa shape index (κ3) is 3.95. The van der Waals surface area contributed by atoms with Gasteiger partial charge in [0.25, 0.3) is 0 Å². The fourth-order valence-electron chi connectivity index (χ4n) is 2.87. The Bertz CT molecular complexity index is 633. The van der Waals surface area contributed by atoms with Crippen molar-refractivity contribution in [1.29, 1.82) is 0 Å². The summed E-state index contributed by atoms with van der Waals surface area (Å²) in [6.45, 7) is 3.35. The fraction of sp³-hybridized carbons (Fsp3) is 0.316. The van der Waals surface area contributed by atoms with Crippen LogP contribution in [0.25, 0.3) is 0 Å². The van der Waals surface area contributed by atoms with E-state index in [1.165, 1.54) is 37.9 Å². The van der Waals surface area contributed by atoms with E-state index < -0.39 is 0 Å². The van der Waals surface area contributed by atoms with Crippen LogP contribution in [-0.4, -0.2) is 24.3 Å². The second kappa shape index (κ2) is 7.23. The summed E-state index contributed by atoms with van der Waals surface area (Å²) >= 11 is 0. The van der Waals surface area contributed by atoms with Crippen LogP contribution in [0.2, 0.25) is 0 Å². The van der Waals surface area contributed by atoms with Crippen molar-refractivity contribution in [3.63, 3.8) is 0 Å². The van der Waals surface area contributed by atoms with Crippen molar-refractivity contribution in [3.05, 3.63) is 59.7 Å². The highest BCUT2D eigenvalue weighted by molar-refractivity contribution is 5.75. The molecule has 3 nitrogen and oxygen atoms in total. The van der Waals surface area contributed by atoms with Gasteiger partial charge in [0.2, 0.25) is 0 Å². The zero-order valence-corrected chi connectivity index (χ0v) is 12.7. The van der Waals surface area contributed by atoms with Crippen molar-refractivity contribution >= 4 is 6.29 Å². The first-order chi connectivity index (χ1) is 10.8. The van der Waals surface area contributed by atoms with Gasteiger partial charge in [0.1, 0.15) is 17.8 Å². The molecule has 3 rings (SSSR count). The molecule has 1 heterocycles. The lowest BCUT2D eigenvalue weighted by atomic mass is 10.1. The van der Waals surface area contributed by atoms with E-state index >= 15 is 0 Å². The van der Waals surface area contributed by atoms with Gasteiger partial charge in [-0.3, -0.25) is 9.69 Å². The zero-order valence-electron chi connectivity index (χ0n) is 12.7. The molecule has 22 heavy (non-hydrogen) atoms. The summed E-state index contributed by atoms with van der Waals surface area (Å²) in [6, 6.07) is 15.4. The molecule has 0 saturated carbocycles. The van der Waals surface area contributed by atoms with E-state index in [2.05, 4.69) is 17.0 Å². The molecule has 0 amide bonds. The van der Waals surface area contributed by atoms with Crippen molar-refractivity contribution in [2.45, 2.75) is 25.8 Å². The number of aldehydes is 1. The molecule has 1 saturated heterocycles. The van der Waals surface area contributed by atoms with Gasteiger partial charge in [-0.05, 0) is 55.8 Å². The molecule has 0 unspecified atom stereocenters. The Kier molecular flexibility index (Phi) is 4.86. The molecule has 0 aromatic heterocycles. The Labute approximate surface area is 131 Å². The van der Waals surface area contributed by atoms with Gasteiger partial charge in [-0.25, -0.2) is 0 Å². The maximum Gasteiger partial charge on any atom is 0.150 e. The van der Waals surface area contributed by atoms with Crippen LogP contribution in [0.1, 0.15) is 35.2 Å². The minimum atomic E-state index is 0.627. The van der Waals surface area contributed by atoms with E-state index in [0.29, 0.717) is 11.3 Å². The normalized spacial score (nSPS) is 15.5. The van der Waals surface area contributed by atoms with E-state index in [1.54, 1.807) is 12.1 Å². The Hall–Kier alpha value is -2.13. The summed E-state index contributed by atoms with van der Waals surface area (Å²) in [5.74, 6) is 1.51. The first-order valence-electron chi connectivity index (χ1n) is 7.88. The molecule has 0 bridgehead atoms. The van der Waals surface area contributed by atoms with Crippen LogP contribution in [0, 0.1) is 0 Å². The maximum atomic E-state index is 10.8. The fourth-order valence-corrected chi connectivity index (χ4v) is 2.87. The van der Waals surface area contributed by atoms with Gasteiger partial charge in [0, 0.05) is 12.1 Å². The second-order valence-corrected chi connectivity index (χ2v) is 5.78. The third-order valence-electron chi connectivity index (χ3n) is 3.98. The Balaban J connectivity index is 1.68. The van der Waals surface area contributed by atoms with Gasteiger partial charge >= 0.3 is 0 Å². The third-order valence-corrected chi connectivity index (χ3v) is 3.98. The van der Waals surface area contributed by atoms with Crippen LogP contribution in [0.4, 0.5) is 0 Å². The summed E-state index contributed by atoms with van der Waals surface area (Å²) in [4.78, 5) is 13.3. The van der Waals surface area contributed by atoms with Gasteiger partial charge in [-0.2, -0.15) is 0 Å². The molecule has 2 aromatic rings. The summed E-state index contributed by atoms with van der Waals surface area (Å²) in [7, 11) is 0. The van der Waals surface area contributed by atoms with E-state index in [-0.39, 0.29) is 0 Å². The first-order valence-corrected chi connectivity index (χ1v) is 7.88. The highest BCUT2D eigenvalue weighted by atomic mass is 16.5. The van der Waals surface area contributed by atoms with E-state index in [1.807, 2.05) is 24.3 Å². The number of ether oxygens (including phenoxy) is 1. The van der Waals surface area contributed by atoms with Gasteiger partial charge in [0.05, 0.1) is 0 Å². The molecular formula is C19H21NO2. The molecule has 114 valence electrons. The predicted octanol–water partition coefficient (Wildman–Crippen LogP) is 4.28. The number of nitrogens with zero attached hydrogens (tertiary/aromatic N) is 1. The van der Waals surface area contributed by atoms with Crippen LogP contribution in [0.15, 0.2) is 48.5 Å². The number of rotatable bonds is 5. The maximum absolute atomic E-state index is 10.8. The lowest BCUT2D eigenvalue weighted by Crippen LogP contribution is -2.29. The van der Waals surface area contributed by atoms with Gasteiger partial charge < -0.3 is 4.74 Å². The smallest absolute Gasteiger partial charge is 0.150 e. The standard InChI is InChI=1S/C19H21NO2/c21-15-17-7-5-9-19(13-17)22-18-8-4-6-16(12-18)14-20-10-2-1-3-11-20/h4-9,12-13,15H,1-3,10-11,14H2. The van der Waals surface area contributed by atoms with Crippen molar-refractivity contribution in [1.82, 2.24) is 4.90 Å². The molecule has 0 atom stereocenters. The summed E-state index contributed by atoms with van der Waals surface area (Å²) < 4.78 is 5.87. The van der Waals surface area contributed by atoms with Crippen molar-refractivity contribution in [2.75, 3.05) is 13.1 Å². The minimum absolute atomic E-state index is 0.627. The molecule has 1 aliphatic rings. The lowest BCUT2D eigenvalue weighted by Gasteiger charge is -2.26. The number of benzene rings is 2. The lowest BCUT2D eigenvalue weighted by molar-refractivity contribution is 0.112. The number of hydrogen-bond donors (Lipinski definition) is 0. The molecule has 1 fully saturated rings. The van der Waals surface area contributed by atoms with Crippen molar-refractivity contribution in [3.8, 4) is 11.5 Å². The van der Waals surface area contributed by atoms with Gasteiger partial charge in [-0.15, -0.1) is 0 Å². The highest BCUT2D eigenvalue weighted by Crippen LogP contribution is 2.24. The summed E-state index contributed by atoms with van der Waals surface area (Å²) in [6.07, 6.45) is 4.79. The molecule has 3 heteroatoms. The SMILES string of the molecule is O=Cc1cccc(Oc2cccc(CN3CCCCC3)c2)c1. The van der Waals surface area contributed by atoms with E-state index in [9.17, 15) is 4.79 Å². The molecule has 0 aliphatic carbocycles. The molecule has 0 radical (unpaired) electrons. The number of carbonyl (C=O) groups excluding carboxylic acids is 1. The second-order valence-electron chi connectivity index (χ2n) is 5.78. The summed E-state index contributed by atoms with van der Waals surface area (Å²) in [5, 5.41) is 0. The highest BCUT2D eigenvalue weighted by Gasteiger charge is 2.10. The molecule has 0 N–H and O–H groups in total. The molecule has 1 aliphatic heterocycles. The van der Waals surface area contributed by atoms with Crippen molar-refractivity contribution < 1.29 is 9.53 Å². The average Bonchev–Trinajstić information content (AvgIpc) is 2.56. The van der Waals surface area contributed by atoms with Crippen LogP contribution < -0.4 is 4.74 Å². The van der Waals surface area contributed by atoms with Crippen LogP contribution in [0.3, 0.4) is 0 Å². The zero-order chi connectivity index (χ0) is 15.2. The largest absolute Gasteiger partial charge is 0.457 e. The summed E-state index contributed by atoms with van der Waals surface area (Å²) in [5.41, 5.74) is 1.90. The number of hydrogen-bond acceptors (Lipinski definition) is 3. The van der Waals surface area contributed by atoms with Crippen LogP contribution in [0.5, 0.6) is 11.5 Å². The molecule has 0 spiro atoms. The Morgan fingerprint density at radius 3 is 2.45 bits per heavy atom. The van der Waals surface area contributed by atoms with E-state index in [0.717, 1.165) is 18.6 Å². The molecule has 2 aromatic carbocycles. The topological polar surface area (TPSA) is 29.5 Å². The minimum Gasteiger partial charge on any atom is -0.457 e. The predicted molar refractivity (Wildman–Crippen MR) is 87.5 cm³/mol. The number of carbonyl (C=O) groups is 1. The van der Waals surface area contributed by atoms with Crippen molar-refractivity contribution in [2.24, 2.45) is 0 Å². The monoisotopic (exact) mass is 295 g/mol. The number of piperidine rings is 1. The molecular weight excluding hydrogens is 274 g/mol. The number of likely N-dealkylation sites (tertiary alicyclic amines) is 1. The Morgan fingerprint density at radius 2 is 1.68 bits per heavy atom. The quantitative estimate of drug-likeness (QED) is 0.771. The Morgan fingerprint density at radius 1 is 0.955 bits per heavy atom. The van der Waals surface area contributed by atoms with Gasteiger partial charge in [-0.1, -0.05) is 30.7 Å².